The van der Waals surface area contributed by atoms with E-state index in [0.717, 1.165) is 36.9 Å². The van der Waals surface area contributed by atoms with Gasteiger partial charge in [-0.15, -0.1) is 0 Å². The van der Waals surface area contributed by atoms with Crippen molar-refractivity contribution in [1.29, 1.82) is 5.26 Å². The van der Waals surface area contributed by atoms with E-state index in [-0.39, 0.29) is 12.0 Å². The molecule has 1 aromatic heterocycles. The van der Waals surface area contributed by atoms with E-state index in [1.54, 1.807) is 20.8 Å². The van der Waals surface area contributed by atoms with Crippen molar-refractivity contribution >= 4 is 10.0 Å². The van der Waals surface area contributed by atoms with Gasteiger partial charge in [0.2, 0.25) is 10.0 Å². The van der Waals surface area contributed by atoms with E-state index in [1.807, 2.05) is 30.3 Å². The third-order valence-electron chi connectivity index (χ3n) is 5.22. The zero-order valence-corrected chi connectivity index (χ0v) is 16.8. The fraction of sp³-hybridized carbons (Fsp3) is 0.500. The van der Waals surface area contributed by atoms with Crippen LogP contribution in [0.4, 0.5) is 0 Å². The Balaban J connectivity index is 1.72. The first-order valence-electron chi connectivity index (χ1n) is 9.28. The van der Waals surface area contributed by atoms with E-state index < -0.39 is 14.8 Å². The maximum Gasteiger partial charge on any atom is 0.216 e. The van der Waals surface area contributed by atoms with Crippen molar-refractivity contribution in [3.05, 3.63) is 41.6 Å². The average molecular weight is 387 g/mol. The lowest BCUT2D eigenvalue weighted by atomic mass is 9.83. The minimum Gasteiger partial charge on any atom is -0.280 e. The first-order chi connectivity index (χ1) is 12.7. The molecular formula is C20H26N4O2S. The van der Waals surface area contributed by atoms with Gasteiger partial charge in [-0.05, 0) is 46.5 Å². The van der Waals surface area contributed by atoms with Gasteiger partial charge in [-0.1, -0.05) is 30.3 Å². The van der Waals surface area contributed by atoms with Gasteiger partial charge in [0.1, 0.15) is 17.3 Å². The van der Waals surface area contributed by atoms with E-state index >= 15 is 0 Å². The van der Waals surface area contributed by atoms with Crippen LogP contribution in [0.2, 0.25) is 0 Å². The molecule has 0 radical (unpaired) electrons. The van der Waals surface area contributed by atoms with Crippen LogP contribution >= 0.6 is 0 Å². The van der Waals surface area contributed by atoms with Crippen molar-refractivity contribution in [3.8, 4) is 17.3 Å². The number of hydrogen-bond acceptors (Lipinski definition) is 4. The molecule has 0 atom stereocenters. The number of aromatic nitrogens is 2. The second-order valence-corrected chi connectivity index (χ2v) is 10.6. The molecule has 0 bridgehead atoms. The van der Waals surface area contributed by atoms with E-state index in [9.17, 15) is 13.7 Å². The topological polar surface area (TPSA) is 98.6 Å². The summed E-state index contributed by atoms with van der Waals surface area (Å²) in [6.07, 6.45) is 3.15. The van der Waals surface area contributed by atoms with Crippen molar-refractivity contribution in [2.24, 2.45) is 0 Å². The second kappa shape index (κ2) is 7.45. The van der Waals surface area contributed by atoms with Gasteiger partial charge < -0.3 is 0 Å². The van der Waals surface area contributed by atoms with Crippen LogP contribution in [0, 0.1) is 11.3 Å². The molecule has 2 N–H and O–H groups in total. The summed E-state index contributed by atoms with van der Waals surface area (Å²) in [5.41, 5.74) is 3.07. The van der Waals surface area contributed by atoms with Crippen molar-refractivity contribution in [2.75, 3.05) is 0 Å². The number of aromatic amines is 1. The lowest BCUT2D eigenvalue weighted by molar-refractivity contribution is 0.366. The fourth-order valence-corrected chi connectivity index (χ4v) is 4.49. The van der Waals surface area contributed by atoms with Gasteiger partial charge in [0.05, 0.1) is 10.4 Å². The summed E-state index contributed by atoms with van der Waals surface area (Å²) >= 11 is 0. The van der Waals surface area contributed by atoms with Gasteiger partial charge in [-0.25, -0.2) is 13.1 Å². The third-order valence-corrected chi connectivity index (χ3v) is 7.47. The van der Waals surface area contributed by atoms with Crippen LogP contribution in [0.15, 0.2) is 30.3 Å². The SMILES string of the molecule is CC(C)(C)S(=O)(=O)NC1CCC(c2[nH]nc(-c3ccccc3)c2C#N)CC1. The van der Waals surface area contributed by atoms with E-state index in [2.05, 4.69) is 21.0 Å². The highest BCUT2D eigenvalue weighted by atomic mass is 32.2. The summed E-state index contributed by atoms with van der Waals surface area (Å²) < 4.78 is 26.8. The Morgan fingerprint density at radius 1 is 1.15 bits per heavy atom. The molecule has 27 heavy (non-hydrogen) atoms. The fourth-order valence-electron chi connectivity index (χ4n) is 3.47. The van der Waals surface area contributed by atoms with Crippen LogP contribution < -0.4 is 4.72 Å². The van der Waals surface area contributed by atoms with Crippen LogP contribution in [0.1, 0.15) is 63.6 Å². The number of nitriles is 1. The summed E-state index contributed by atoms with van der Waals surface area (Å²) in [4.78, 5) is 0. The van der Waals surface area contributed by atoms with Gasteiger partial charge >= 0.3 is 0 Å². The maximum absolute atomic E-state index is 12.4. The van der Waals surface area contributed by atoms with Crippen LogP contribution in [0.5, 0.6) is 0 Å². The zero-order valence-electron chi connectivity index (χ0n) is 16.0. The molecule has 1 fully saturated rings. The highest BCUT2D eigenvalue weighted by Crippen LogP contribution is 2.36. The molecule has 1 aromatic carbocycles. The monoisotopic (exact) mass is 386 g/mol. The number of nitrogens with zero attached hydrogens (tertiary/aromatic N) is 2. The number of hydrogen-bond donors (Lipinski definition) is 2. The summed E-state index contributed by atoms with van der Waals surface area (Å²) in [7, 11) is -3.35. The van der Waals surface area contributed by atoms with Gasteiger partial charge in [0, 0.05) is 17.5 Å². The molecule has 7 heteroatoms. The molecule has 1 aliphatic rings. The zero-order chi connectivity index (χ0) is 19.7. The summed E-state index contributed by atoms with van der Waals surface area (Å²) in [5, 5.41) is 17.1. The molecule has 0 aliphatic heterocycles. The maximum atomic E-state index is 12.4. The summed E-state index contributed by atoms with van der Waals surface area (Å²) in [5.74, 6) is 0.194. The number of H-pyrrole nitrogens is 1. The summed E-state index contributed by atoms with van der Waals surface area (Å²) in [6.45, 7) is 5.11. The smallest absolute Gasteiger partial charge is 0.216 e. The molecule has 3 rings (SSSR count). The molecule has 0 amide bonds. The molecule has 0 unspecified atom stereocenters. The molecule has 1 aliphatic carbocycles. The van der Waals surface area contributed by atoms with Gasteiger partial charge in [0.15, 0.2) is 0 Å². The highest BCUT2D eigenvalue weighted by Gasteiger charge is 2.34. The van der Waals surface area contributed by atoms with E-state index in [4.69, 9.17) is 0 Å². The molecule has 6 nitrogen and oxygen atoms in total. The first kappa shape index (κ1) is 19.6. The van der Waals surface area contributed by atoms with Gasteiger partial charge in [-0.2, -0.15) is 10.4 Å². The summed E-state index contributed by atoms with van der Waals surface area (Å²) in [6, 6.07) is 11.9. The largest absolute Gasteiger partial charge is 0.280 e. The lowest BCUT2D eigenvalue weighted by Crippen LogP contribution is -2.45. The third kappa shape index (κ3) is 4.07. The second-order valence-electron chi connectivity index (χ2n) is 8.12. The predicted molar refractivity (Wildman–Crippen MR) is 106 cm³/mol. The van der Waals surface area contributed by atoms with Crippen molar-refractivity contribution in [3.63, 3.8) is 0 Å². The number of rotatable bonds is 4. The molecular weight excluding hydrogens is 360 g/mol. The minimum absolute atomic E-state index is 0.0486. The van der Waals surface area contributed by atoms with Crippen molar-refractivity contribution in [2.45, 2.75) is 63.2 Å². The minimum atomic E-state index is -3.35. The van der Waals surface area contributed by atoms with Crippen molar-refractivity contribution < 1.29 is 8.42 Å². The Bertz CT molecular complexity index is 929. The number of sulfonamides is 1. The Hall–Kier alpha value is -2.17. The predicted octanol–water partition coefficient (Wildman–Crippen LogP) is 3.69. The molecule has 0 spiro atoms. The number of nitrogens with one attached hydrogen (secondary N) is 2. The Kier molecular flexibility index (Phi) is 5.41. The normalized spacial score (nSPS) is 21.0. The van der Waals surface area contributed by atoms with E-state index in [1.165, 1.54) is 0 Å². The molecule has 144 valence electrons. The molecule has 1 heterocycles. The van der Waals surface area contributed by atoms with E-state index in [0.29, 0.717) is 11.3 Å². The quantitative estimate of drug-likeness (QED) is 0.837. The van der Waals surface area contributed by atoms with Crippen LogP contribution in [0.3, 0.4) is 0 Å². The molecule has 2 aromatic rings. The number of benzene rings is 1. The van der Waals surface area contributed by atoms with Gasteiger partial charge in [-0.3, -0.25) is 5.10 Å². The molecule has 0 saturated heterocycles. The first-order valence-corrected chi connectivity index (χ1v) is 10.8. The lowest BCUT2D eigenvalue weighted by Gasteiger charge is -2.31. The highest BCUT2D eigenvalue weighted by molar-refractivity contribution is 7.90. The van der Waals surface area contributed by atoms with Crippen LogP contribution in [-0.2, 0) is 10.0 Å². The molecule has 1 saturated carbocycles. The Morgan fingerprint density at radius 2 is 1.78 bits per heavy atom. The van der Waals surface area contributed by atoms with Crippen LogP contribution in [-0.4, -0.2) is 29.4 Å². The average Bonchev–Trinajstić information content (AvgIpc) is 3.06. The Morgan fingerprint density at radius 3 is 2.33 bits per heavy atom. The van der Waals surface area contributed by atoms with Gasteiger partial charge in [0.25, 0.3) is 0 Å². The Labute approximate surface area is 161 Å². The van der Waals surface area contributed by atoms with Crippen LogP contribution in [0.25, 0.3) is 11.3 Å². The van der Waals surface area contributed by atoms with Crippen molar-refractivity contribution in [1.82, 2.24) is 14.9 Å². The standard InChI is InChI=1S/C20H26N4O2S/c1-20(2,3)27(25,26)24-16-11-9-15(10-12-16)19-17(13-21)18(22-23-19)14-7-5-4-6-8-14/h4-8,15-16,24H,9-12H2,1-3H3,(H,22,23).